The molecule has 0 aliphatic heterocycles. The zero-order valence-electron chi connectivity index (χ0n) is 29.3. The van der Waals surface area contributed by atoms with E-state index in [-0.39, 0.29) is 11.8 Å². The smallest absolute Gasteiger partial charge is 0.255 e. The van der Waals surface area contributed by atoms with Crippen molar-refractivity contribution in [2.75, 3.05) is 12.4 Å². The van der Waals surface area contributed by atoms with Gasteiger partial charge in [0, 0.05) is 46.2 Å². The molecule has 0 fully saturated rings. The van der Waals surface area contributed by atoms with Gasteiger partial charge in [0.25, 0.3) is 5.91 Å². The van der Waals surface area contributed by atoms with Gasteiger partial charge in [-0.05, 0) is 101 Å². The number of pyridine rings is 1. The number of hydrogen-bond donors (Lipinski definition) is 3. The number of aryl methyl sites for hydroxylation is 1. The van der Waals surface area contributed by atoms with E-state index in [0.29, 0.717) is 17.2 Å². The Bertz CT molecular complexity index is 2220. The zero-order valence-corrected chi connectivity index (χ0v) is 29.3. The molecule has 0 spiro atoms. The molecule has 7 nitrogen and oxygen atoms in total. The number of fused-ring (bicyclic) bond motifs is 2. The number of rotatable bonds is 12. The summed E-state index contributed by atoms with van der Waals surface area (Å²) in [5, 5.41) is 5.07. The van der Waals surface area contributed by atoms with E-state index in [1.54, 1.807) is 19.2 Å². The van der Waals surface area contributed by atoms with Gasteiger partial charge < -0.3 is 20.2 Å². The van der Waals surface area contributed by atoms with Crippen molar-refractivity contribution < 1.29 is 14.3 Å². The molecule has 6 aromatic rings. The van der Waals surface area contributed by atoms with Crippen LogP contribution in [0, 0.1) is 6.92 Å². The van der Waals surface area contributed by atoms with Gasteiger partial charge in [-0.3, -0.25) is 9.78 Å². The maximum Gasteiger partial charge on any atom is 0.255 e. The summed E-state index contributed by atoms with van der Waals surface area (Å²) in [5.74, 6) is 1.66. The number of benzene rings is 5. The molecule has 1 amide bonds. The Kier molecular flexibility index (Phi) is 9.81. The number of ether oxygens (including phenoxy) is 2. The van der Waals surface area contributed by atoms with Gasteiger partial charge in [0.15, 0.2) is 6.23 Å². The minimum Gasteiger partial charge on any atom is -0.497 e. The molecule has 1 aliphatic rings. The number of nitrogens with zero attached hydrogens (tertiary/aromatic N) is 1. The van der Waals surface area contributed by atoms with Gasteiger partial charge in [0.05, 0.1) is 7.11 Å². The summed E-state index contributed by atoms with van der Waals surface area (Å²) in [5.41, 5.74) is 16.2. The molecule has 1 heterocycles. The molecule has 3 N–H and O–H groups in total. The van der Waals surface area contributed by atoms with Gasteiger partial charge in [-0.15, -0.1) is 0 Å². The van der Waals surface area contributed by atoms with Crippen LogP contribution < -0.4 is 25.6 Å². The lowest BCUT2D eigenvalue weighted by Gasteiger charge is -2.26. The van der Waals surface area contributed by atoms with Crippen LogP contribution >= 0.6 is 0 Å². The van der Waals surface area contributed by atoms with Crippen LogP contribution in [0.1, 0.15) is 75.6 Å². The lowest BCUT2D eigenvalue weighted by Crippen LogP contribution is -2.39. The van der Waals surface area contributed by atoms with Crippen LogP contribution in [0.5, 0.6) is 11.5 Å². The third-order valence-electron chi connectivity index (χ3n) is 9.46. The second-order valence-corrected chi connectivity index (χ2v) is 13.3. The Morgan fingerprint density at radius 1 is 0.824 bits per heavy atom. The third kappa shape index (κ3) is 7.49. The molecule has 1 aromatic heterocycles. The van der Waals surface area contributed by atoms with E-state index in [4.69, 9.17) is 9.47 Å². The molecule has 0 radical (unpaired) electrons. The first kappa shape index (κ1) is 33.6. The van der Waals surface area contributed by atoms with Gasteiger partial charge in [-0.25, -0.2) is 0 Å². The summed E-state index contributed by atoms with van der Waals surface area (Å²) in [7, 11) is 1.69. The van der Waals surface area contributed by atoms with Crippen molar-refractivity contribution in [1.82, 2.24) is 15.8 Å². The van der Waals surface area contributed by atoms with E-state index < -0.39 is 6.23 Å². The van der Waals surface area contributed by atoms with Gasteiger partial charge in [-0.1, -0.05) is 86.6 Å². The van der Waals surface area contributed by atoms with Crippen molar-refractivity contribution in [2.45, 2.75) is 45.3 Å². The molecule has 0 saturated heterocycles. The highest BCUT2D eigenvalue weighted by molar-refractivity contribution is 6.04. The molecule has 7 heteroatoms. The molecule has 0 bridgehead atoms. The number of hydrogen-bond acceptors (Lipinski definition) is 6. The van der Waals surface area contributed by atoms with Crippen LogP contribution in [-0.4, -0.2) is 18.0 Å². The fourth-order valence-electron chi connectivity index (χ4n) is 6.89. The van der Waals surface area contributed by atoms with E-state index >= 15 is 0 Å². The minimum atomic E-state index is -0.657. The predicted molar refractivity (Wildman–Crippen MR) is 205 cm³/mol. The lowest BCUT2D eigenvalue weighted by molar-refractivity contribution is 0.102. The van der Waals surface area contributed by atoms with Gasteiger partial charge >= 0.3 is 0 Å². The largest absolute Gasteiger partial charge is 0.497 e. The SMILES string of the molecule is COc1cccc(CC2C(NNC(Oc3cccc(C(=O)Nc4ccc(C(C)C)c(C)c4)c3)c3cncc4ccccc34)=Cc3ccccc32)c1. The molecular formula is C44H42N4O3. The summed E-state index contributed by atoms with van der Waals surface area (Å²) < 4.78 is 12.2. The minimum absolute atomic E-state index is 0.0809. The fraction of sp³-hybridized carbons (Fsp3) is 0.182. The first-order chi connectivity index (χ1) is 24.9. The average molecular weight is 675 g/mol. The number of aromatic nitrogens is 1. The van der Waals surface area contributed by atoms with Crippen LogP contribution in [0.15, 0.2) is 133 Å². The number of allylic oxidation sites excluding steroid dienone is 1. The number of anilines is 1. The highest BCUT2D eigenvalue weighted by Gasteiger charge is 2.27. The Hall–Kier alpha value is -5.92. The molecule has 0 saturated carbocycles. The molecule has 1 aliphatic carbocycles. The zero-order chi connectivity index (χ0) is 35.3. The highest BCUT2D eigenvalue weighted by Crippen LogP contribution is 2.38. The van der Waals surface area contributed by atoms with Crippen molar-refractivity contribution in [3.63, 3.8) is 0 Å². The van der Waals surface area contributed by atoms with Crippen LogP contribution in [0.3, 0.4) is 0 Å². The lowest BCUT2D eigenvalue weighted by atomic mass is 9.92. The molecule has 2 unspecified atom stereocenters. The number of carbonyl (C=O) groups is 1. The third-order valence-corrected chi connectivity index (χ3v) is 9.46. The van der Waals surface area contributed by atoms with E-state index in [0.717, 1.165) is 45.5 Å². The second kappa shape index (κ2) is 14.9. The summed E-state index contributed by atoms with van der Waals surface area (Å²) in [6, 6.07) is 38.1. The quantitative estimate of drug-likeness (QED) is 0.0886. The maximum absolute atomic E-state index is 13.4. The van der Waals surface area contributed by atoms with E-state index in [1.807, 2.05) is 67.0 Å². The first-order valence-corrected chi connectivity index (χ1v) is 17.3. The van der Waals surface area contributed by atoms with Crippen LogP contribution in [0.25, 0.3) is 16.8 Å². The summed E-state index contributed by atoms with van der Waals surface area (Å²) >= 11 is 0. The number of methoxy groups -OCH3 is 1. The van der Waals surface area contributed by atoms with Crippen molar-refractivity contribution in [1.29, 1.82) is 0 Å². The standard InChI is InChI=1S/C44H42N4O3/c1-28(2)37-20-19-34(21-29(37)3)46-43(49)32-14-10-16-36(24-32)51-44(41-27-45-26-33-13-6-8-18-39(33)41)48-47-42-25-31-12-5-7-17-38(31)40(42)23-30-11-9-15-35(22-30)50-4/h5-22,24-28,40,44,47-48H,23H2,1-4H3,(H,46,49). The second-order valence-electron chi connectivity index (χ2n) is 13.3. The van der Waals surface area contributed by atoms with Crippen molar-refractivity contribution >= 4 is 28.4 Å². The summed E-state index contributed by atoms with van der Waals surface area (Å²) in [6.45, 7) is 6.41. The average Bonchev–Trinajstić information content (AvgIpc) is 3.49. The van der Waals surface area contributed by atoms with Crippen molar-refractivity contribution in [3.05, 3.63) is 172 Å². The normalized spacial score (nSPS) is 14.1. The Balaban J connectivity index is 1.16. The van der Waals surface area contributed by atoms with Gasteiger partial charge in [0.2, 0.25) is 0 Å². The Morgan fingerprint density at radius 2 is 1.63 bits per heavy atom. The summed E-state index contributed by atoms with van der Waals surface area (Å²) in [4.78, 5) is 18.0. The highest BCUT2D eigenvalue weighted by atomic mass is 16.5. The Labute approximate surface area is 299 Å². The van der Waals surface area contributed by atoms with Gasteiger partial charge in [-0.2, -0.15) is 5.43 Å². The van der Waals surface area contributed by atoms with E-state index in [2.05, 4.69) is 96.5 Å². The fourth-order valence-corrected chi connectivity index (χ4v) is 6.89. The topological polar surface area (TPSA) is 84.5 Å². The molecule has 2 atom stereocenters. The van der Waals surface area contributed by atoms with Crippen LogP contribution in [-0.2, 0) is 6.42 Å². The number of carbonyl (C=O) groups excluding carboxylic acids is 1. The summed E-state index contributed by atoms with van der Waals surface area (Å²) in [6.07, 6.45) is 5.99. The first-order valence-electron chi connectivity index (χ1n) is 17.3. The number of nitrogens with one attached hydrogen (secondary N) is 3. The predicted octanol–water partition coefficient (Wildman–Crippen LogP) is 9.48. The van der Waals surface area contributed by atoms with Crippen molar-refractivity contribution in [3.8, 4) is 11.5 Å². The van der Waals surface area contributed by atoms with Crippen molar-refractivity contribution in [2.24, 2.45) is 0 Å². The van der Waals surface area contributed by atoms with Gasteiger partial charge in [0.1, 0.15) is 11.5 Å². The molecule has 5 aromatic carbocycles. The molecule has 256 valence electrons. The maximum atomic E-state index is 13.4. The number of hydrazine groups is 1. The van der Waals surface area contributed by atoms with E-state index in [9.17, 15) is 4.79 Å². The van der Waals surface area contributed by atoms with Crippen LogP contribution in [0.2, 0.25) is 0 Å². The monoisotopic (exact) mass is 674 g/mol. The van der Waals surface area contributed by atoms with Crippen LogP contribution in [0.4, 0.5) is 5.69 Å². The molecule has 7 rings (SSSR count). The Morgan fingerprint density at radius 3 is 2.47 bits per heavy atom. The molecule has 51 heavy (non-hydrogen) atoms. The number of amides is 1. The van der Waals surface area contributed by atoms with E-state index in [1.165, 1.54) is 22.3 Å². The molecular weight excluding hydrogens is 633 g/mol.